The Morgan fingerprint density at radius 2 is 1.88 bits per heavy atom. The molecule has 1 aromatic rings. The largest absolute Gasteiger partial charge is 0.458 e. The van der Waals surface area contributed by atoms with Gasteiger partial charge in [-0.2, -0.15) is 0 Å². The fourth-order valence-electron chi connectivity index (χ4n) is 4.18. The number of ether oxygens (including phenoxy) is 1. The van der Waals surface area contributed by atoms with Gasteiger partial charge in [-0.3, -0.25) is 0 Å². The molecule has 0 aliphatic heterocycles. The van der Waals surface area contributed by atoms with Gasteiger partial charge in [-0.1, -0.05) is 62.8 Å². The molecule has 2 aliphatic carbocycles. The predicted octanol–water partition coefficient (Wildman–Crippen LogP) is 5.56. The Balaban J connectivity index is 1.89. The fourth-order valence-corrected chi connectivity index (χ4v) is 4.18. The number of esters is 1. The Labute approximate surface area is 145 Å². The number of allylic oxidation sites excluding steroid dienone is 4. The van der Waals surface area contributed by atoms with E-state index in [2.05, 4.69) is 45.9 Å². The maximum Gasteiger partial charge on any atom is 0.338 e. The average molecular weight is 324 g/mol. The maximum atomic E-state index is 12.7. The topological polar surface area (TPSA) is 26.3 Å². The fraction of sp³-hybridized carbons (Fsp3) is 0.500. The van der Waals surface area contributed by atoms with Crippen molar-refractivity contribution in [2.75, 3.05) is 0 Å². The van der Waals surface area contributed by atoms with Crippen molar-refractivity contribution in [3.05, 3.63) is 59.7 Å². The summed E-state index contributed by atoms with van der Waals surface area (Å²) in [6.07, 6.45) is 9.76. The van der Waals surface area contributed by atoms with E-state index in [-0.39, 0.29) is 22.9 Å². The number of rotatable bonds is 2. The second-order valence-electron chi connectivity index (χ2n) is 8.32. The molecule has 3 atom stereocenters. The highest BCUT2D eigenvalue weighted by Crippen LogP contribution is 2.55. The lowest BCUT2D eigenvalue weighted by molar-refractivity contribution is -0.0860. The monoisotopic (exact) mass is 324 g/mol. The lowest BCUT2D eigenvalue weighted by Crippen LogP contribution is -2.50. The van der Waals surface area contributed by atoms with Gasteiger partial charge in [0.2, 0.25) is 0 Å². The zero-order chi connectivity index (χ0) is 17.4. The molecule has 0 saturated heterocycles. The van der Waals surface area contributed by atoms with Gasteiger partial charge in [0.15, 0.2) is 0 Å². The lowest BCUT2D eigenvalue weighted by atomic mass is 9.54. The third kappa shape index (κ3) is 3.19. The minimum atomic E-state index is -0.201. The van der Waals surface area contributed by atoms with Crippen LogP contribution < -0.4 is 0 Å². The first kappa shape index (κ1) is 17.0. The van der Waals surface area contributed by atoms with Crippen molar-refractivity contribution in [3.63, 3.8) is 0 Å². The molecular weight excluding hydrogens is 296 g/mol. The van der Waals surface area contributed by atoms with Gasteiger partial charge < -0.3 is 4.74 Å². The van der Waals surface area contributed by atoms with Crippen LogP contribution in [0.15, 0.2) is 54.1 Å². The normalized spacial score (nSPS) is 35.1. The summed E-state index contributed by atoms with van der Waals surface area (Å²) in [7, 11) is 0. The summed E-state index contributed by atoms with van der Waals surface area (Å²) in [4.78, 5) is 12.7. The van der Waals surface area contributed by atoms with Gasteiger partial charge >= 0.3 is 5.97 Å². The van der Waals surface area contributed by atoms with Crippen molar-refractivity contribution < 1.29 is 9.53 Å². The smallest absolute Gasteiger partial charge is 0.338 e. The lowest BCUT2D eigenvalue weighted by Gasteiger charge is -2.52. The number of carbonyl (C=O) groups is 1. The summed E-state index contributed by atoms with van der Waals surface area (Å²) < 4.78 is 6.09. The van der Waals surface area contributed by atoms with Crippen molar-refractivity contribution in [1.29, 1.82) is 0 Å². The van der Waals surface area contributed by atoms with Gasteiger partial charge in [-0.15, -0.1) is 0 Å². The van der Waals surface area contributed by atoms with Gasteiger partial charge in [0.05, 0.1) is 5.56 Å². The van der Waals surface area contributed by atoms with E-state index in [1.165, 1.54) is 12.0 Å². The van der Waals surface area contributed by atoms with Crippen molar-refractivity contribution in [3.8, 4) is 0 Å². The van der Waals surface area contributed by atoms with E-state index >= 15 is 0 Å². The van der Waals surface area contributed by atoms with Crippen molar-refractivity contribution in [2.45, 2.75) is 53.1 Å². The zero-order valence-corrected chi connectivity index (χ0v) is 15.2. The molecular formula is C22H28O2. The molecule has 3 rings (SSSR count). The van der Waals surface area contributed by atoms with Crippen molar-refractivity contribution >= 4 is 5.97 Å². The molecule has 24 heavy (non-hydrogen) atoms. The molecule has 0 heterocycles. The van der Waals surface area contributed by atoms with Gasteiger partial charge in [-0.25, -0.2) is 4.79 Å². The van der Waals surface area contributed by atoms with E-state index in [0.29, 0.717) is 11.5 Å². The highest BCUT2D eigenvalue weighted by atomic mass is 16.5. The average Bonchev–Trinajstić information content (AvgIpc) is 2.54. The first-order chi connectivity index (χ1) is 11.3. The molecule has 0 amide bonds. The van der Waals surface area contributed by atoms with E-state index in [0.717, 1.165) is 12.8 Å². The highest BCUT2D eigenvalue weighted by molar-refractivity contribution is 5.89. The van der Waals surface area contributed by atoms with Gasteiger partial charge in [0, 0.05) is 5.41 Å². The molecule has 2 nitrogen and oxygen atoms in total. The Morgan fingerprint density at radius 3 is 2.50 bits per heavy atom. The van der Waals surface area contributed by atoms with E-state index in [9.17, 15) is 4.79 Å². The number of fused-ring (bicyclic) bond motifs is 1. The summed E-state index contributed by atoms with van der Waals surface area (Å²) in [6, 6.07) is 9.34. The van der Waals surface area contributed by atoms with E-state index in [4.69, 9.17) is 4.74 Å². The van der Waals surface area contributed by atoms with E-state index in [1.807, 2.05) is 30.3 Å². The quantitative estimate of drug-likeness (QED) is 0.666. The summed E-state index contributed by atoms with van der Waals surface area (Å²) in [5, 5.41) is 0. The van der Waals surface area contributed by atoms with Crippen LogP contribution in [0.3, 0.4) is 0 Å². The molecule has 1 fully saturated rings. The van der Waals surface area contributed by atoms with Gasteiger partial charge in [0.1, 0.15) is 6.10 Å². The highest BCUT2D eigenvalue weighted by Gasteiger charge is 2.51. The van der Waals surface area contributed by atoms with E-state index < -0.39 is 0 Å². The first-order valence-electron chi connectivity index (χ1n) is 8.94. The molecule has 0 radical (unpaired) electrons. The van der Waals surface area contributed by atoms with Crippen LogP contribution in [0.4, 0.5) is 0 Å². The van der Waals surface area contributed by atoms with Crippen LogP contribution in [-0.4, -0.2) is 12.1 Å². The number of hydrogen-bond donors (Lipinski definition) is 0. The molecule has 128 valence electrons. The van der Waals surface area contributed by atoms with Crippen LogP contribution in [0.2, 0.25) is 0 Å². The Hall–Kier alpha value is -1.83. The molecule has 0 aromatic heterocycles. The van der Waals surface area contributed by atoms with Gasteiger partial charge in [-0.05, 0) is 49.7 Å². The Bertz CT molecular complexity index is 668. The molecule has 0 N–H and O–H groups in total. The second kappa shape index (κ2) is 6.23. The third-order valence-electron chi connectivity index (χ3n) is 5.93. The Morgan fingerprint density at radius 1 is 1.17 bits per heavy atom. The van der Waals surface area contributed by atoms with Crippen LogP contribution in [-0.2, 0) is 4.74 Å². The van der Waals surface area contributed by atoms with Crippen LogP contribution in [0, 0.1) is 16.7 Å². The first-order valence-corrected chi connectivity index (χ1v) is 8.94. The zero-order valence-electron chi connectivity index (χ0n) is 15.2. The summed E-state index contributed by atoms with van der Waals surface area (Å²) >= 11 is 0. The third-order valence-corrected chi connectivity index (χ3v) is 5.93. The molecule has 0 spiro atoms. The van der Waals surface area contributed by atoms with Gasteiger partial charge in [0.25, 0.3) is 0 Å². The second-order valence-corrected chi connectivity index (χ2v) is 8.32. The van der Waals surface area contributed by atoms with Crippen LogP contribution >= 0.6 is 0 Å². The minimum absolute atomic E-state index is 0.00586. The van der Waals surface area contributed by atoms with Crippen LogP contribution in [0.5, 0.6) is 0 Å². The van der Waals surface area contributed by atoms with Crippen LogP contribution in [0.1, 0.15) is 57.3 Å². The number of benzene rings is 1. The SMILES string of the molecule is C/C1=C/C=C/C(C)(C)C[C@@H](OC(=O)c2ccccc2)[C@@]2(C)CC[C@H]12. The Kier molecular flexibility index (Phi) is 4.42. The molecule has 2 heteroatoms. The summed E-state index contributed by atoms with van der Waals surface area (Å²) in [6.45, 7) is 8.94. The van der Waals surface area contributed by atoms with Crippen molar-refractivity contribution in [1.82, 2.24) is 0 Å². The molecule has 1 aromatic carbocycles. The summed E-state index contributed by atoms with van der Waals surface area (Å²) in [5.74, 6) is 0.303. The summed E-state index contributed by atoms with van der Waals surface area (Å²) in [5.41, 5.74) is 2.08. The molecule has 0 bridgehead atoms. The minimum Gasteiger partial charge on any atom is -0.458 e. The molecule has 0 unspecified atom stereocenters. The predicted molar refractivity (Wildman–Crippen MR) is 97.8 cm³/mol. The van der Waals surface area contributed by atoms with E-state index in [1.54, 1.807) is 0 Å². The van der Waals surface area contributed by atoms with Crippen LogP contribution in [0.25, 0.3) is 0 Å². The number of hydrogen-bond acceptors (Lipinski definition) is 2. The maximum absolute atomic E-state index is 12.7. The standard InChI is InChI=1S/C22H28O2/c1-16-9-8-13-21(2,3)15-19(22(4)14-12-18(16)22)24-20(23)17-10-6-5-7-11-17/h5-11,13,18-19H,12,14-15H2,1-4H3/b13-8+,16-9-/t18-,19-,22+/m1/s1. The molecule has 1 saturated carbocycles. The number of carbonyl (C=O) groups excluding carboxylic acids is 1. The molecule has 2 aliphatic rings. The van der Waals surface area contributed by atoms with Crippen molar-refractivity contribution in [2.24, 2.45) is 16.7 Å².